The third-order valence-corrected chi connectivity index (χ3v) is 8.44. The summed E-state index contributed by atoms with van der Waals surface area (Å²) in [4.78, 5) is 25.4. The summed E-state index contributed by atoms with van der Waals surface area (Å²) in [5, 5.41) is 9.59. The van der Waals surface area contributed by atoms with E-state index in [0.29, 0.717) is 0 Å². The Bertz CT molecular complexity index is 714. The predicted octanol–water partition coefficient (Wildman–Crippen LogP) is 2.17. The number of hydrogen-bond acceptors (Lipinski definition) is 6. The second-order valence-electron chi connectivity index (χ2n) is 9.03. The van der Waals surface area contributed by atoms with Gasteiger partial charge in [0.2, 0.25) is 0 Å². The van der Waals surface area contributed by atoms with Crippen molar-refractivity contribution in [3.8, 4) is 0 Å². The first-order valence-electron chi connectivity index (χ1n) is 8.63. The van der Waals surface area contributed by atoms with Gasteiger partial charge in [0.05, 0.1) is 17.4 Å². The van der Waals surface area contributed by atoms with Crippen LogP contribution in [0.3, 0.4) is 0 Å². The second-order valence-corrected chi connectivity index (χ2v) is 11.9. The molecule has 1 unspecified atom stereocenters. The molecule has 9 heteroatoms. The highest BCUT2D eigenvalue weighted by molar-refractivity contribution is 7.95. The summed E-state index contributed by atoms with van der Waals surface area (Å²) in [6.07, 6.45) is -0.905. The molecule has 1 amide bonds. The Morgan fingerprint density at radius 1 is 1.15 bits per heavy atom. The van der Waals surface area contributed by atoms with Crippen LogP contribution in [-0.4, -0.2) is 64.0 Å². The minimum atomic E-state index is -4.06. The summed E-state index contributed by atoms with van der Waals surface area (Å²) in [5.74, 6) is -0.766. The van der Waals surface area contributed by atoms with E-state index in [1.165, 1.54) is 13.8 Å². The number of hydrogen-bond donors (Lipinski definition) is 1. The van der Waals surface area contributed by atoms with Crippen molar-refractivity contribution in [3.05, 3.63) is 0 Å². The fourth-order valence-corrected chi connectivity index (χ4v) is 5.87. The summed E-state index contributed by atoms with van der Waals surface area (Å²) < 4.78 is 34.7. The van der Waals surface area contributed by atoms with Crippen molar-refractivity contribution in [1.82, 2.24) is 4.90 Å². The fraction of sp³-hybridized carbons (Fsp3) is 0.882. The first kappa shape index (κ1) is 21.0. The monoisotopic (exact) mass is 391 g/mol. The smallest absolute Gasteiger partial charge is 0.409 e. The predicted molar refractivity (Wildman–Crippen MR) is 94.5 cm³/mol. The van der Waals surface area contributed by atoms with Gasteiger partial charge in [0.25, 0.3) is 0 Å². The van der Waals surface area contributed by atoms with E-state index in [0.717, 1.165) is 4.90 Å². The third kappa shape index (κ3) is 3.09. The summed E-state index contributed by atoms with van der Waals surface area (Å²) in [7, 11) is -4.06. The largest absolute Gasteiger partial charge is 0.465 e. The molecule has 1 saturated heterocycles. The van der Waals surface area contributed by atoms with Crippen molar-refractivity contribution >= 4 is 21.9 Å². The van der Waals surface area contributed by atoms with E-state index in [-0.39, 0.29) is 19.4 Å². The van der Waals surface area contributed by atoms with Crippen molar-refractivity contribution in [1.29, 1.82) is 0 Å². The molecule has 1 atom stereocenters. The SMILES string of the molecule is CC(C)(C)OC(=O)C1(S(=O)(=O)C(C)(C)C2COC(C)(C)N2C(=O)O)CC1. The molecule has 26 heavy (non-hydrogen) atoms. The zero-order valence-electron chi connectivity index (χ0n) is 16.5. The maximum absolute atomic E-state index is 13.5. The molecule has 2 aliphatic rings. The Morgan fingerprint density at radius 3 is 2.04 bits per heavy atom. The van der Waals surface area contributed by atoms with Crippen LogP contribution in [0.2, 0.25) is 0 Å². The standard InChI is InChI=1S/C17H29NO7S/c1-14(2,3)25-12(19)17(8-9-17)26(22,23)15(4,5)11-10-24-16(6,7)18(11)13(20)21/h11H,8-10H2,1-7H3,(H,20,21). The molecule has 1 aliphatic heterocycles. The van der Waals surface area contributed by atoms with Crippen LogP contribution in [0.1, 0.15) is 61.3 Å². The van der Waals surface area contributed by atoms with Crippen LogP contribution in [0, 0.1) is 0 Å². The lowest BCUT2D eigenvalue weighted by atomic mass is 10.0. The van der Waals surface area contributed by atoms with Crippen LogP contribution < -0.4 is 0 Å². The van der Waals surface area contributed by atoms with Crippen LogP contribution in [0.25, 0.3) is 0 Å². The van der Waals surface area contributed by atoms with Gasteiger partial charge >= 0.3 is 12.1 Å². The van der Waals surface area contributed by atoms with Crippen LogP contribution in [0.15, 0.2) is 0 Å². The highest BCUT2D eigenvalue weighted by Gasteiger charge is 2.69. The number of ether oxygens (including phenoxy) is 2. The van der Waals surface area contributed by atoms with Gasteiger partial charge in [-0.05, 0) is 61.3 Å². The first-order valence-corrected chi connectivity index (χ1v) is 10.1. The van der Waals surface area contributed by atoms with Crippen molar-refractivity contribution < 1.29 is 32.6 Å². The molecular formula is C17H29NO7S. The van der Waals surface area contributed by atoms with Gasteiger partial charge in [-0.3, -0.25) is 9.69 Å². The van der Waals surface area contributed by atoms with E-state index < -0.39 is 48.8 Å². The van der Waals surface area contributed by atoms with Gasteiger partial charge in [-0.2, -0.15) is 0 Å². The summed E-state index contributed by atoms with van der Waals surface area (Å²) in [5.41, 5.74) is -1.95. The Labute approximate surface area is 154 Å². The zero-order valence-corrected chi connectivity index (χ0v) is 17.3. The Hall–Kier alpha value is -1.35. The van der Waals surface area contributed by atoms with E-state index in [1.54, 1.807) is 34.6 Å². The number of nitrogens with zero attached hydrogens (tertiary/aromatic N) is 1. The number of rotatable bonds is 4. The quantitative estimate of drug-likeness (QED) is 0.731. The maximum atomic E-state index is 13.5. The van der Waals surface area contributed by atoms with Crippen LogP contribution >= 0.6 is 0 Å². The zero-order chi connectivity index (χ0) is 20.3. The molecule has 0 aromatic heterocycles. The number of esters is 1. The lowest BCUT2D eigenvalue weighted by Crippen LogP contribution is -2.60. The summed E-state index contributed by atoms with van der Waals surface area (Å²) in [6, 6.07) is -0.931. The average Bonchev–Trinajstić information content (AvgIpc) is 3.16. The van der Waals surface area contributed by atoms with Gasteiger partial charge in [-0.15, -0.1) is 0 Å². The molecule has 150 valence electrons. The Morgan fingerprint density at radius 2 is 1.65 bits per heavy atom. The average molecular weight is 391 g/mol. The third-order valence-electron chi connectivity index (χ3n) is 5.18. The van der Waals surface area contributed by atoms with Crippen LogP contribution in [-0.2, 0) is 24.1 Å². The topological polar surface area (TPSA) is 110 Å². The molecule has 8 nitrogen and oxygen atoms in total. The Balaban J connectivity index is 2.42. The number of sulfone groups is 1. The number of amides is 1. The van der Waals surface area contributed by atoms with Crippen LogP contribution in [0.4, 0.5) is 4.79 Å². The molecule has 0 bridgehead atoms. The molecule has 0 spiro atoms. The van der Waals surface area contributed by atoms with E-state index in [9.17, 15) is 23.1 Å². The number of carbonyl (C=O) groups excluding carboxylic acids is 1. The molecule has 1 saturated carbocycles. The molecule has 1 aliphatic carbocycles. The number of carbonyl (C=O) groups is 2. The van der Waals surface area contributed by atoms with Crippen molar-refractivity contribution in [2.24, 2.45) is 0 Å². The molecule has 1 N–H and O–H groups in total. The van der Waals surface area contributed by atoms with Crippen molar-refractivity contribution in [2.75, 3.05) is 6.61 Å². The van der Waals surface area contributed by atoms with E-state index in [4.69, 9.17) is 9.47 Å². The lowest BCUT2D eigenvalue weighted by molar-refractivity contribution is -0.155. The van der Waals surface area contributed by atoms with E-state index >= 15 is 0 Å². The molecule has 0 aromatic carbocycles. The van der Waals surface area contributed by atoms with Crippen molar-refractivity contribution in [2.45, 2.75) is 88.2 Å². The molecule has 2 fully saturated rings. The van der Waals surface area contributed by atoms with Gasteiger partial charge in [0, 0.05) is 0 Å². The lowest BCUT2D eigenvalue weighted by Gasteiger charge is -2.40. The van der Waals surface area contributed by atoms with E-state index in [2.05, 4.69) is 0 Å². The highest BCUT2D eigenvalue weighted by atomic mass is 32.2. The minimum absolute atomic E-state index is 0.0596. The highest BCUT2D eigenvalue weighted by Crippen LogP contribution is 2.52. The van der Waals surface area contributed by atoms with Crippen molar-refractivity contribution in [3.63, 3.8) is 0 Å². The molecule has 1 heterocycles. The second kappa shape index (κ2) is 5.82. The van der Waals surface area contributed by atoms with Gasteiger partial charge in [0.1, 0.15) is 11.3 Å². The van der Waals surface area contributed by atoms with Crippen LogP contribution in [0.5, 0.6) is 0 Å². The van der Waals surface area contributed by atoms with E-state index in [1.807, 2.05) is 0 Å². The first-order chi connectivity index (χ1) is 11.5. The van der Waals surface area contributed by atoms with Gasteiger partial charge in [-0.25, -0.2) is 13.2 Å². The maximum Gasteiger partial charge on any atom is 0.409 e. The molecular weight excluding hydrogens is 362 g/mol. The molecule has 0 aromatic rings. The molecule has 2 rings (SSSR count). The minimum Gasteiger partial charge on any atom is -0.465 e. The molecule has 0 radical (unpaired) electrons. The summed E-state index contributed by atoms with van der Waals surface area (Å²) in [6.45, 7) is 11.0. The van der Waals surface area contributed by atoms with Gasteiger partial charge < -0.3 is 14.6 Å². The Kier molecular flexibility index (Phi) is 4.69. The fourth-order valence-electron chi connectivity index (χ4n) is 3.43. The number of carboxylic acid groups (broad SMARTS) is 1. The van der Waals surface area contributed by atoms with Gasteiger partial charge in [0.15, 0.2) is 14.6 Å². The van der Waals surface area contributed by atoms with Gasteiger partial charge in [-0.1, -0.05) is 0 Å². The summed E-state index contributed by atoms with van der Waals surface area (Å²) >= 11 is 0. The normalized spacial score (nSPS) is 25.0.